The van der Waals surface area contributed by atoms with Crippen molar-refractivity contribution in [3.05, 3.63) is 29.8 Å². The van der Waals surface area contributed by atoms with E-state index in [2.05, 4.69) is 10.6 Å². The van der Waals surface area contributed by atoms with Crippen LogP contribution in [0.25, 0.3) is 0 Å². The van der Waals surface area contributed by atoms with Gasteiger partial charge >= 0.3 is 6.03 Å². The Bertz CT molecular complexity index is 700. The van der Waals surface area contributed by atoms with E-state index in [0.717, 1.165) is 44.3 Å². The molecule has 146 valence electrons. The summed E-state index contributed by atoms with van der Waals surface area (Å²) in [5, 5.41) is 5.56. The number of likely N-dealkylation sites (tertiary alicyclic amines) is 2. The molecule has 2 heterocycles. The van der Waals surface area contributed by atoms with Crippen LogP contribution in [-0.4, -0.2) is 59.9 Å². The minimum absolute atomic E-state index is 0.00529. The van der Waals surface area contributed by atoms with Gasteiger partial charge < -0.3 is 20.4 Å². The van der Waals surface area contributed by atoms with Crippen molar-refractivity contribution >= 4 is 23.5 Å². The standard InChI is InChI=1S/C20H28N4O3/c1-15-7-6-8-16(13-15)21-20(27)22-17-9-2-3-12-24(19(17)26)14-18(25)23-10-4-5-11-23/h6-8,13,17H,2-5,9-12,14H2,1H3,(H2,21,22,27)/t17-/m0/s1. The van der Waals surface area contributed by atoms with Crippen LogP contribution in [0.5, 0.6) is 0 Å². The van der Waals surface area contributed by atoms with Crippen molar-refractivity contribution in [3.8, 4) is 0 Å². The lowest BCUT2D eigenvalue weighted by Crippen LogP contribution is -2.51. The number of rotatable bonds is 4. The second-order valence-corrected chi connectivity index (χ2v) is 7.36. The van der Waals surface area contributed by atoms with Crippen LogP contribution in [0.1, 0.15) is 37.7 Å². The molecule has 0 aromatic heterocycles. The van der Waals surface area contributed by atoms with E-state index >= 15 is 0 Å². The van der Waals surface area contributed by atoms with Crippen LogP contribution in [0.2, 0.25) is 0 Å². The Morgan fingerprint density at radius 3 is 2.59 bits per heavy atom. The molecule has 2 N–H and O–H groups in total. The first-order valence-corrected chi connectivity index (χ1v) is 9.74. The van der Waals surface area contributed by atoms with Gasteiger partial charge in [-0.2, -0.15) is 0 Å². The zero-order valence-electron chi connectivity index (χ0n) is 15.9. The SMILES string of the molecule is Cc1cccc(NC(=O)N[C@H]2CCCCN(CC(=O)N3CCCC3)C2=O)c1. The highest BCUT2D eigenvalue weighted by Crippen LogP contribution is 2.15. The molecule has 27 heavy (non-hydrogen) atoms. The Labute approximate surface area is 160 Å². The normalized spacial score (nSPS) is 20.3. The van der Waals surface area contributed by atoms with Gasteiger partial charge in [0.05, 0.1) is 6.54 Å². The van der Waals surface area contributed by atoms with E-state index in [1.807, 2.05) is 36.1 Å². The highest BCUT2D eigenvalue weighted by molar-refractivity contribution is 5.94. The van der Waals surface area contributed by atoms with Crippen LogP contribution >= 0.6 is 0 Å². The van der Waals surface area contributed by atoms with Gasteiger partial charge in [-0.1, -0.05) is 12.1 Å². The molecule has 2 aliphatic heterocycles. The minimum atomic E-state index is -0.594. The molecule has 0 radical (unpaired) electrons. The van der Waals surface area contributed by atoms with Gasteiger partial charge in [0.25, 0.3) is 0 Å². The van der Waals surface area contributed by atoms with E-state index in [9.17, 15) is 14.4 Å². The number of hydrogen-bond donors (Lipinski definition) is 2. The first-order chi connectivity index (χ1) is 13.0. The third-order valence-corrected chi connectivity index (χ3v) is 5.15. The highest BCUT2D eigenvalue weighted by atomic mass is 16.2. The van der Waals surface area contributed by atoms with Crippen molar-refractivity contribution in [2.75, 3.05) is 31.5 Å². The van der Waals surface area contributed by atoms with Gasteiger partial charge in [-0.05, 0) is 56.7 Å². The van der Waals surface area contributed by atoms with Crippen LogP contribution in [0.15, 0.2) is 24.3 Å². The van der Waals surface area contributed by atoms with Crippen LogP contribution in [0, 0.1) is 6.92 Å². The van der Waals surface area contributed by atoms with Crippen molar-refractivity contribution < 1.29 is 14.4 Å². The van der Waals surface area contributed by atoms with Crippen LogP contribution in [-0.2, 0) is 9.59 Å². The topological polar surface area (TPSA) is 81.8 Å². The molecular formula is C20H28N4O3. The molecular weight excluding hydrogens is 344 g/mol. The number of carbonyl (C=O) groups is 3. The first-order valence-electron chi connectivity index (χ1n) is 9.74. The zero-order valence-corrected chi connectivity index (χ0v) is 15.9. The number of urea groups is 1. The fourth-order valence-electron chi connectivity index (χ4n) is 3.67. The Kier molecular flexibility index (Phi) is 6.32. The number of hydrogen-bond acceptors (Lipinski definition) is 3. The predicted octanol–water partition coefficient (Wildman–Crippen LogP) is 2.12. The minimum Gasteiger partial charge on any atom is -0.341 e. The molecule has 4 amide bonds. The molecule has 1 aromatic rings. The molecule has 7 nitrogen and oxygen atoms in total. The van der Waals surface area contributed by atoms with Crippen molar-refractivity contribution in [3.63, 3.8) is 0 Å². The van der Waals surface area contributed by atoms with Crippen LogP contribution in [0.3, 0.4) is 0 Å². The van der Waals surface area contributed by atoms with Gasteiger partial charge in [0.2, 0.25) is 11.8 Å². The Morgan fingerprint density at radius 2 is 1.85 bits per heavy atom. The zero-order chi connectivity index (χ0) is 19.2. The highest BCUT2D eigenvalue weighted by Gasteiger charge is 2.30. The summed E-state index contributed by atoms with van der Waals surface area (Å²) in [6.07, 6.45) is 4.34. The summed E-state index contributed by atoms with van der Waals surface area (Å²) in [4.78, 5) is 41.0. The second kappa shape index (κ2) is 8.88. The summed E-state index contributed by atoms with van der Waals surface area (Å²) in [6, 6.07) is 6.51. The number of carbonyl (C=O) groups excluding carboxylic acids is 3. The summed E-state index contributed by atoms with van der Waals surface area (Å²) >= 11 is 0. The molecule has 2 fully saturated rings. The average Bonchev–Trinajstić information content (AvgIpc) is 3.12. The number of nitrogens with one attached hydrogen (secondary N) is 2. The number of benzene rings is 1. The molecule has 2 saturated heterocycles. The van der Waals surface area contributed by atoms with Crippen LogP contribution < -0.4 is 10.6 Å². The summed E-state index contributed by atoms with van der Waals surface area (Å²) in [7, 11) is 0. The fourth-order valence-corrected chi connectivity index (χ4v) is 3.67. The number of anilines is 1. The monoisotopic (exact) mass is 372 g/mol. The van der Waals surface area contributed by atoms with E-state index in [1.165, 1.54) is 0 Å². The van der Waals surface area contributed by atoms with E-state index in [4.69, 9.17) is 0 Å². The lowest BCUT2D eigenvalue weighted by Gasteiger charge is -2.26. The lowest BCUT2D eigenvalue weighted by molar-refractivity contribution is -0.140. The van der Waals surface area contributed by atoms with Gasteiger partial charge in [-0.15, -0.1) is 0 Å². The van der Waals surface area contributed by atoms with Gasteiger partial charge in [-0.25, -0.2) is 4.79 Å². The summed E-state index contributed by atoms with van der Waals surface area (Å²) < 4.78 is 0. The van der Waals surface area contributed by atoms with E-state index in [-0.39, 0.29) is 18.4 Å². The average molecular weight is 372 g/mol. The predicted molar refractivity (Wildman–Crippen MR) is 103 cm³/mol. The molecule has 7 heteroatoms. The first kappa shape index (κ1) is 19.2. The molecule has 1 aromatic carbocycles. The summed E-state index contributed by atoms with van der Waals surface area (Å²) in [5.41, 5.74) is 1.74. The molecule has 0 bridgehead atoms. The van der Waals surface area contributed by atoms with Gasteiger partial charge in [0, 0.05) is 25.3 Å². The second-order valence-electron chi connectivity index (χ2n) is 7.36. The van der Waals surface area contributed by atoms with Crippen LogP contribution in [0.4, 0.5) is 10.5 Å². The summed E-state index contributed by atoms with van der Waals surface area (Å²) in [6.45, 7) is 4.18. The molecule has 0 spiro atoms. The largest absolute Gasteiger partial charge is 0.341 e. The van der Waals surface area contributed by atoms with Gasteiger partial charge in [-0.3, -0.25) is 9.59 Å². The van der Waals surface area contributed by atoms with E-state index in [1.54, 1.807) is 4.90 Å². The number of aryl methyl sites for hydroxylation is 1. The van der Waals surface area contributed by atoms with Gasteiger partial charge in [0.15, 0.2) is 0 Å². The van der Waals surface area contributed by atoms with Crippen molar-refractivity contribution in [1.82, 2.24) is 15.1 Å². The Balaban J connectivity index is 1.57. The van der Waals surface area contributed by atoms with Gasteiger partial charge in [0.1, 0.15) is 6.04 Å². The maximum absolute atomic E-state index is 12.9. The Morgan fingerprint density at radius 1 is 1.11 bits per heavy atom. The third-order valence-electron chi connectivity index (χ3n) is 5.15. The number of amides is 4. The maximum atomic E-state index is 12.9. The molecule has 0 saturated carbocycles. The van der Waals surface area contributed by atoms with Crippen molar-refractivity contribution in [1.29, 1.82) is 0 Å². The molecule has 3 rings (SSSR count). The quantitative estimate of drug-likeness (QED) is 0.849. The smallest absolute Gasteiger partial charge is 0.319 e. The Hall–Kier alpha value is -2.57. The maximum Gasteiger partial charge on any atom is 0.319 e. The molecule has 1 atom stereocenters. The third kappa shape index (κ3) is 5.21. The van der Waals surface area contributed by atoms with E-state index in [0.29, 0.717) is 18.7 Å². The fraction of sp³-hybridized carbons (Fsp3) is 0.550. The van der Waals surface area contributed by atoms with Crippen molar-refractivity contribution in [2.45, 2.75) is 45.1 Å². The van der Waals surface area contributed by atoms with E-state index < -0.39 is 12.1 Å². The van der Waals surface area contributed by atoms with Crippen molar-refractivity contribution in [2.24, 2.45) is 0 Å². The molecule has 0 aliphatic carbocycles. The lowest BCUT2D eigenvalue weighted by atomic mass is 10.1. The molecule has 0 unspecified atom stereocenters. The summed E-state index contributed by atoms with van der Waals surface area (Å²) in [5.74, 6) is -0.162. The molecule has 2 aliphatic rings. The number of nitrogens with zero attached hydrogens (tertiary/aromatic N) is 2.